The van der Waals surface area contributed by atoms with Crippen molar-refractivity contribution in [2.45, 2.75) is 0 Å². The van der Waals surface area contributed by atoms with Gasteiger partial charge in [0.15, 0.2) is 0 Å². The van der Waals surface area contributed by atoms with Crippen LogP contribution in [0.1, 0.15) is 26.6 Å². The molecule has 0 aliphatic heterocycles. The van der Waals surface area contributed by atoms with E-state index in [1.807, 2.05) is 0 Å². The van der Waals surface area contributed by atoms with Crippen molar-refractivity contribution in [1.82, 2.24) is 15.7 Å². The molecule has 0 saturated carbocycles. The monoisotopic (exact) mass is 357 g/mol. The van der Waals surface area contributed by atoms with E-state index in [1.54, 1.807) is 12.1 Å². The van der Waals surface area contributed by atoms with Crippen molar-refractivity contribution in [3.05, 3.63) is 47.3 Å². The smallest absolute Gasteiger partial charge is 0.339 e. The van der Waals surface area contributed by atoms with Crippen LogP contribution >= 0.6 is 0 Å². The first-order valence-electron chi connectivity index (χ1n) is 7.03. The van der Waals surface area contributed by atoms with Crippen LogP contribution in [0.3, 0.4) is 0 Å². The van der Waals surface area contributed by atoms with E-state index in [-0.39, 0.29) is 28.6 Å². The molecule has 26 heavy (non-hydrogen) atoms. The number of nitrogens with one attached hydrogen (secondary N) is 1. The fourth-order valence-corrected chi connectivity index (χ4v) is 2.00. The fraction of sp³-hybridized carbons (Fsp3) is 0. The van der Waals surface area contributed by atoms with E-state index >= 15 is 0 Å². The summed E-state index contributed by atoms with van der Waals surface area (Å²) in [5.74, 6) is -1.85. The Morgan fingerprint density at radius 3 is 2.73 bits per heavy atom. The first kappa shape index (κ1) is 16.7. The number of hydrogen-bond acceptors (Lipinski definition) is 9. The summed E-state index contributed by atoms with van der Waals surface area (Å²) < 4.78 is 9.80. The molecule has 0 aliphatic rings. The Morgan fingerprint density at radius 2 is 2.04 bits per heavy atom. The van der Waals surface area contributed by atoms with Gasteiger partial charge in [0.2, 0.25) is 11.5 Å². The summed E-state index contributed by atoms with van der Waals surface area (Å²) in [6, 6.07) is 7.18. The number of nitrogens with two attached hydrogens (primary N) is 1. The number of carbonyl (C=O) groups is 2. The van der Waals surface area contributed by atoms with Crippen LogP contribution in [-0.4, -0.2) is 38.6 Å². The number of amides is 1. The Morgan fingerprint density at radius 1 is 1.23 bits per heavy atom. The molecule has 0 atom stereocenters. The number of rotatable bonds is 5. The number of aromatic hydroxyl groups is 1. The van der Waals surface area contributed by atoms with Crippen molar-refractivity contribution >= 4 is 23.9 Å². The van der Waals surface area contributed by atoms with E-state index in [0.29, 0.717) is 11.3 Å². The van der Waals surface area contributed by atoms with Crippen molar-refractivity contribution in [2.75, 3.05) is 5.73 Å². The number of benzene rings is 1. The third kappa shape index (κ3) is 3.36. The van der Waals surface area contributed by atoms with E-state index in [1.165, 1.54) is 24.4 Å². The normalized spacial score (nSPS) is 10.9. The number of nitrogens with zero attached hydrogens (tertiary/aromatic N) is 3. The lowest BCUT2D eigenvalue weighted by Gasteiger charge is -2.02. The molecule has 2 aromatic heterocycles. The number of hydrazone groups is 1. The summed E-state index contributed by atoms with van der Waals surface area (Å²) in [6.07, 6.45) is 1.23. The topological polar surface area (TPSA) is 177 Å². The number of furan rings is 1. The Bertz CT molecular complexity index is 1010. The van der Waals surface area contributed by atoms with Crippen molar-refractivity contribution in [3.63, 3.8) is 0 Å². The second-order valence-electron chi connectivity index (χ2n) is 4.94. The number of carboxylic acids is 1. The molecule has 0 fully saturated rings. The number of carboxylic acid groups (broad SMARTS) is 1. The van der Waals surface area contributed by atoms with Gasteiger partial charge in [-0.25, -0.2) is 14.8 Å². The largest absolute Gasteiger partial charge is 0.507 e. The van der Waals surface area contributed by atoms with Gasteiger partial charge in [-0.2, -0.15) is 5.10 Å². The highest BCUT2D eigenvalue weighted by Crippen LogP contribution is 2.27. The van der Waals surface area contributed by atoms with E-state index in [4.69, 9.17) is 15.3 Å². The molecule has 1 aromatic carbocycles. The zero-order valence-corrected chi connectivity index (χ0v) is 12.9. The predicted octanol–water partition coefficient (Wildman–Crippen LogP) is 1.08. The van der Waals surface area contributed by atoms with Crippen molar-refractivity contribution in [2.24, 2.45) is 5.10 Å². The molecular weight excluding hydrogens is 346 g/mol. The van der Waals surface area contributed by atoms with Gasteiger partial charge in [-0.05, 0) is 40.6 Å². The summed E-state index contributed by atoms with van der Waals surface area (Å²) in [5.41, 5.74) is 7.55. The minimum Gasteiger partial charge on any atom is -0.507 e. The van der Waals surface area contributed by atoms with Gasteiger partial charge >= 0.3 is 5.97 Å². The first-order chi connectivity index (χ1) is 12.5. The van der Waals surface area contributed by atoms with Gasteiger partial charge in [0, 0.05) is 5.56 Å². The fourth-order valence-electron chi connectivity index (χ4n) is 2.00. The standard InChI is InChI=1S/C15H11N5O6/c16-13-12(19-26-20-13)14(22)18-17-6-8-2-4-11(25-8)7-1-3-10(21)9(5-7)15(23)24/h1-6,21H,(H2,16,20)(H,18,22)(H,23,24)/b17-6-. The van der Waals surface area contributed by atoms with Crippen molar-refractivity contribution in [3.8, 4) is 17.1 Å². The summed E-state index contributed by atoms with van der Waals surface area (Å²) in [6.45, 7) is 0. The van der Waals surface area contributed by atoms with Gasteiger partial charge in [-0.15, -0.1) is 0 Å². The molecule has 3 aromatic rings. The number of aromatic nitrogens is 2. The Labute approximate surface area is 144 Å². The third-order valence-corrected chi connectivity index (χ3v) is 3.23. The van der Waals surface area contributed by atoms with Crippen LogP contribution in [0.4, 0.5) is 5.82 Å². The maximum atomic E-state index is 11.7. The van der Waals surface area contributed by atoms with Crippen LogP contribution in [0.2, 0.25) is 0 Å². The summed E-state index contributed by atoms with van der Waals surface area (Å²) in [7, 11) is 0. The molecule has 132 valence electrons. The van der Waals surface area contributed by atoms with Gasteiger partial charge < -0.3 is 20.4 Å². The van der Waals surface area contributed by atoms with Crippen LogP contribution in [0.5, 0.6) is 5.75 Å². The number of aromatic carboxylic acids is 1. The number of hydrogen-bond donors (Lipinski definition) is 4. The van der Waals surface area contributed by atoms with Crippen LogP contribution < -0.4 is 11.2 Å². The van der Waals surface area contributed by atoms with E-state index in [2.05, 4.69) is 25.5 Å². The summed E-state index contributed by atoms with van der Waals surface area (Å²) in [5, 5.41) is 28.8. The highest BCUT2D eigenvalue weighted by atomic mass is 16.6. The maximum absolute atomic E-state index is 11.7. The molecule has 3 rings (SSSR count). The highest BCUT2D eigenvalue weighted by molar-refractivity contribution is 5.96. The van der Waals surface area contributed by atoms with E-state index < -0.39 is 11.9 Å². The van der Waals surface area contributed by atoms with E-state index in [9.17, 15) is 14.7 Å². The van der Waals surface area contributed by atoms with Gasteiger partial charge in [0.1, 0.15) is 22.8 Å². The highest BCUT2D eigenvalue weighted by Gasteiger charge is 2.15. The lowest BCUT2D eigenvalue weighted by molar-refractivity contribution is 0.0693. The third-order valence-electron chi connectivity index (χ3n) is 3.23. The number of nitrogen functional groups attached to an aromatic ring is 1. The molecule has 5 N–H and O–H groups in total. The quantitative estimate of drug-likeness (QED) is 0.384. The molecular formula is C15H11N5O6. The average Bonchev–Trinajstić information content (AvgIpc) is 3.24. The zero-order chi connectivity index (χ0) is 18.7. The molecule has 0 bridgehead atoms. The maximum Gasteiger partial charge on any atom is 0.339 e. The molecule has 0 radical (unpaired) electrons. The van der Waals surface area contributed by atoms with Crippen molar-refractivity contribution < 1.29 is 28.8 Å². The number of anilines is 1. The average molecular weight is 357 g/mol. The lowest BCUT2D eigenvalue weighted by Crippen LogP contribution is -2.19. The minimum absolute atomic E-state index is 0.167. The van der Waals surface area contributed by atoms with E-state index in [0.717, 1.165) is 0 Å². The minimum atomic E-state index is -1.26. The first-order valence-corrected chi connectivity index (χ1v) is 7.03. The van der Waals surface area contributed by atoms with Crippen LogP contribution in [-0.2, 0) is 0 Å². The van der Waals surface area contributed by atoms with Crippen LogP contribution in [0.15, 0.2) is 44.5 Å². The predicted molar refractivity (Wildman–Crippen MR) is 86.5 cm³/mol. The molecule has 11 nitrogen and oxygen atoms in total. The summed E-state index contributed by atoms with van der Waals surface area (Å²) >= 11 is 0. The van der Waals surface area contributed by atoms with Crippen LogP contribution in [0.25, 0.3) is 11.3 Å². The second-order valence-corrected chi connectivity index (χ2v) is 4.94. The van der Waals surface area contributed by atoms with Gasteiger partial charge in [-0.1, -0.05) is 0 Å². The number of phenols is 1. The Hall–Kier alpha value is -4.15. The van der Waals surface area contributed by atoms with Crippen LogP contribution in [0, 0.1) is 0 Å². The molecule has 1 amide bonds. The summed E-state index contributed by atoms with van der Waals surface area (Å²) in [4.78, 5) is 22.8. The molecule has 11 heteroatoms. The molecule has 0 aliphatic carbocycles. The van der Waals surface area contributed by atoms with Crippen molar-refractivity contribution in [1.29, 1.82) is 0 Å². The van der Waals surface area contributed by atoms with Gasteiger partial charge in [0.25, 0.3) is 5.91 Å². The SMILES string of the molecule is Nc1nonc1C(=O)N/N=C\c1ccc(-c2ccc(O)c(C(=O)O)c2)o1. The number of carbonyl (C=O) groups excluding carboxylic acids is 1. The Balaban J connectivity index is 1.72. The lowest BCUT2D eigenvalue weighted by atomic mass is 10.1. The zero-order valence-electron chi connectivity index (χ0n) is 12.9. The molecule has 0 spiro atoms. The second kappa shape index (κ2) is 6.76. The molecule has 0 saturated heterocycles. The molecule has 2 heterocycles. The molecule has 0 unspecified atom stereocenters. The van der Waals surface area contributed by atoms with Gasteiger partial charge in [0.05, 0.1) is 6.21 Å². The van der Waals surface area contributed by atoms with Gasteiger partial charge in [-0.3, -0.25) is 4.79 Å². The Kier molecular flexibility index (Phi) is 4.34.